The average Bonchev–Trinajstić information content (AvgIpc) is 2.67. The van der Waals surface area contributed by atoms with E-state index in [1.54, 1.807) is 0 Å². The van der Waals surface area contributed by atoms with E-state index in [1.165, 1.54) is 19.3 Å². The van der Waals surface area contributed by atoms with E-state index in [0.717, 1.165) is 28.3 Å². The SMILES string of the molecule is CC1(n2c(CCCl)nc3cccc(Cl)c32)CCC1. The minimum absolute atomic E-state index is 0.168. The number of para-hydroxylation sites is 1. The largest absolute Gasteiger partial charge is 0.321 e. The van der Waals surface area contributed by atoms with E-state index in [1.807, 2.05) is 18.2 Å². The summed E-state index contributed by atoms with van der Waals surface area (Å²) in [5, 5.41) is 0.786. The Kier molecular flexibility index (Phi) is 3.03. The second kappa shape index (κ2) is 4.43. The second-order valence-electron chi connectivity index (χ2n) is 5.26. The molecule has 1 aliphatic rings. The van der Waals surface area contributed by atoms with Crippen LogP contribution in [0.5, 0.6) is 0 Å². The molecule has 0 aliphatic heterocycles. The predicted molar refractivity (Wildman–Crippen MR) is 76.7 cm³/mol. The highest BCUT2D eigenvalue weighted by molar-refractivity contribution is 6.35. The maximum Gasteiger partial charge on any atom is 0.111 e. The van der Waals surface area contributed by atoms with Crippen molar-refractivity contribution in [3.63, 3.8) is 0 Å². The van der Waals surface area contributed by atoms with Gasteiger partial charge < -0.3 is 4.57 Å². The Morgan fingerprint density at radius 2 is 2.17 bits per heavy atom. The number of aryl methyl sites for hydroxylation is 1. The van der Waals surface area contributed by atoms with E-state index in [2.05, 4.69) is 11.5 Å². The summed E-state index contributed by atoms with van der Waals surface area (Å²) in [5.41, 5.74) is 2.22. The minimum atomic E-state index is 0.168. The van der Waals surface area contributed by atoms with Gasteiger partial charge in [-0.2, -0.15) is 0 Å². The van der Waals surface area contributed by atoms with Crippen LogP contribution in [0, 0.1) is 0 Å². The summed E-state index contributed by atoms with van der Waals surface area (Å²) in [5.74, 6) is 1.66. The van der Waals surface area contributed by atoms with Crippen LogP contribution in [0.3, 0.4) is 0 Å². The number of hydrogen-bond acceptors (Lipinski definition) is 1. The molecule has 0 atom stereocenters. The molecule has 3 rings (SSSR count). The topological polar surface area (TPSA) is 17.8 Å². The molecular formula is C14H16Cl2N2. The van der Waals surface area contributed by atoms with Crippen molar-refractivity contribution in [3.05, 3.63) is 29.0 Å². The molecule has 1 aromatic heterocycles. The van der Waals surface area contributed by atoms with Crippen LogP contribution >= 0.6 is 23.2 Å². The Balaban J connectivity index is 2.27. The van der Waals surface area contributed by atoms with E-state index in [-0.39, 0.29) is 5.54 Å². The Labute approximate surface area is 117 Å². The zero-order chi connectivity index (χ0) is 12.8. The lowest BCUT2D eigenvalue weighted by atomic mass is 9.78. The third-order valence-electron chi connectivity index (χ3n) is 3.99. The summed E-state index contributed by atoms with van der Waals surface area (Å²) >= 11 is 12.3. The second-order valence-corrected chi connectivity index (χ2v) is 6.05. The monoisotopic (exact) mass is 282 g/mol. The van der Waals surface area contributed by atoms with E-state index < -0.39 is 0 Å². The molecule has 1 saturated carbocycles. The van der Waals surface area contributed by atoms with Crippen LogP contribution < -0.4 is 0 Å². The van der Waals surface area contributed by atoms with Crippen molar-refractivity contribution in [1.82, 2.24) is 9.55 Å². The van der Waals surface area contributed by atoms with Crippen LogP contribution in [0.2, 0.25) is 5.02 Å². The Hall–Kier alpha value is -0.730. The lowest BCUT2D eigenvalue weighted by Gasteiger charge is -2.41. The van der Waals surface area contributed by atoms with Crippen LogP contribution in [0.15, 0.2) is 18.2 Å². The van der Waals surface area contributed by atoms with Gasteiger partial charge in [0.25, 0.3) is 0 Å². The van der Waals surface area contributed by atoms with E-state index in [0.29, 0.717) is 5.88 Å². The molecule has 0 N–H and O–H groups in total. The molecule has 4 heteroatoms. The lowest BCUT2D eigenvalue weighted by Crippen LogP contribution is -2.38. The summed E-state index contributed by atoms with van der Waals surface area (Å²) in [4.78, 5) is 4.71. The molecule has 0 bridgehead atoms. The third kappa shape index (κ3) is 1.74. The van der Waals surface area contributed by atoms with Gasteiger partial charge in [-0.3, -0.25) is 0 Å². The maximum absolute atomic E-state index is 6.37. The fourth-order valence-electron chi connectivity index (χ4n) is 2.88. The lowest BCUT2D eigenvalue weighted by molar-refractivity contribution is 0.170. The zero-order valence-electron chi connectivity index (χ0n) is 10.4. The number of aromatic nitrogens is 2. The zero-order valence-corrected chi connectivity index (χ0v) is 11.9. The van der Waals surface area contributed by atoms with Gasteiger partial charge in [-0.05, 0) is 38.3 Å². The normalized spacial score (nSPS) is 17.9. The molecule has 0 saturated heterocycles. The van der Waals surface area contributed by atoms with Gasteiger partial charge in [0.05, 0.1) is 16.1 Å². The first kappa shape index (κ1) is 12.3. The first-order chi connectivity index (χ1) is 8.65. The number of hydrogen-bond donors (Lipinski definition) is 0. The third-order valence-corrected chi connectivity index (χ3v) is 4.48. The number of imidazole rings is 1. The summed E-state index contributed by atoms with van der Waals surface area (Å²) in [6.45, 7) is 2.29. The summed E-state index contributed by atoms with van der Waals surface area (Å²) in [6, 6.07) is 5.92. The predicted octanol–water partition coefficient (Wildman–Crippen LogP) is 4.37. The van der Waals surface area contributed by atoms with Gasteiger partial charge in [0, 0.05) is 17.8 Å². The molecule has 0 unspecified atom stereocenters. The molecular weight excluding hydrogens is 267 g/mol. The Bertz CT molecular complexity index is 585. The number of benzene rings is 1. The molecule has 0 radical (unpaired) electrons. The summed E-state index contributed by atoms with van der Waals surface area (Å²) in [7, 11) is 0. The Morgan fingerprint density at radius 1 is 1.39 bits per heavy atom. The first-order valence-corrected chi connectivity index (χ1v) is 7.29. The van der Waals surface area contributed by atoms with Crippen molar-refractivity contribution in [3.8, 4) is 0 Å². The fraction of sp³-hybridized carbons (Fsp3) is 0.500. The molecule has 96 valence electrons. The van der Waals surface area contributed by atoms with Gasteiger partial charge in [0.15, 0.2) is 0 Å². The molecule has 0 spiro atoms. The van der Waals surface area contributed by atoms with Crippen LogP contribution in [-0.4, -0.2) is 15.4 Å². The van der Waals surface area contributed by atoms with E-state index in [4.69, 9.17) is 28.2 Å². The standard InChI is InChI=1S/C14H16Cl2N2/c1-14(7-3-8-14)18-12(6-9-15)17-11-5-2-4-10(16)13(11)18/h2,4-5H,3,6-9H2,1H3. The average molecular weight is 283 g/mol. The summed E-state index contributed by atoms with van der Waals surface area (Å²) in [6.07, 6.45) is 4.46. The van der Waals surface area contributed by atoms with Gasteiger partial charge in [0.1, 0.15) is 5.82 Å². The molecule has 1 aromatic carbocycles. The highest BCUT2D eigenvalue weighted by Crippen LogP contribution is 2.43. The van der Waals surface area contributed by atoms with Crippen LogP contribution in [-0.2, 0) is 12.0 Å². The van der Waals surface area contributed by atoms with Crippen molar-refractivity contribution in [2.24, 2.45) is 0 Å². The number of alkyl halides is 1. The minimum Gasteiger partial charge on any atom is -0.321 e. The maximum atomic E-state index is 6.37. The van der Waals surface area contributed by atoms with E-state index in [9.17, 15) is 0 Å². The van der Waals surface area contributed by atoms with E-state index >= 15 is 0 Å². The number of rotatable bonds is 3. The van der Waals surface area contributed by atoms with Crippen LogP contribution in [0.4, 0.5) is 0 Å². The van der Waals surface area contributed by atoms with Crippen molar-refractivity contribution in [2.75, 3.05) is 5.88 Å². The van der Waals surface area contributed by atoms with Gasteiger partial charge >= 0.3 is 0 Å². The quantitative estimate of drug-likeness (QED) is 0.765. The van der Waals surface area contributed by atoms with Crippen LogP contribution in [0.1, 0.15) is 32.0 Å². The van der Waals surface area contributed by atoms with Gasteiger partial charge in [-0.1, -0.05) is 17.7 Å². The van der Waals surface area contributed by atoms with Gasteiger partial charge in [-0.25, -0.2) is 4.98 Å². The first-order valence-electron chi connectivity index (χ1n) is 6.38. The fourth-order valence-corrected chi connectivity index (χ4v) is 3.30. The summed E-state index contributed by atoms with van der Waals surface area (Å²) < 4.78 is 2.33. The van der Waals surface area contributed by atoms with Crippen molar-refractivity contribution >= 4 is 34.2 Å². The molecule has 2 nitrogen and oxygen atoms in total. The highest BCUT2D eigenvalue weighted by Gasteiger charge is 2.36. The molecule has 2 aromatic rings. The Morgan fingerprint density at radius 3 is 2.78 bits per heavy atom. The number of halogens is 2. The van der Waals surface area contributed by atoms with Crippen molar-refractivity contribution < 1.29 is 0 Å². The molecule has 1 fully saturated rings. The molecule has 0 amide bonds. The van der Waals surface area contributed by atoms with Gasteiger partial charge in [0.2, 0.25) is 0 Å². The molecule has 18 heavy (non-hydrogen) atoms. The molecule has 1 heterocycles. The van der Waals surface area contributed by atoms with Gasteiger partial charge in [-0.15, -0.1) is 11.6 Å². The smallest absolute Gasteiger partial charge is 0.111 e. The number of fused-ring (bicyclic) bond motifs is 1. The van der Waals surface area contributed by atoms with Crippen molar-refractivity contribution in [1.29, 1.82) is 0 Å². The van der Waals surface area contributed by atoms with Crippen LogP contribution in [0.25, 0.3) is 11.0 Å². The number of nitrogens with zero attached hydrogens (tertiary/aromatic N) is 2. The highest BCUT2D eigenvalue weighted by atomic mass is 35.5. The van der Waals surface area contributed by atoms with Crippen molar-refractivity contribution in [2.45, 2.75) is 38.1 Å². The molecule has 1 aliphatic carbocycles.